The van der Waals surface area contributed by atoms with Crippen LogP contribution in [0.15, 0.2) is 72.3 Å². The summed E-state index contributed by atoms with van der Waals surface area (Å²) in [5, 5.41) is 9.57. The number of rotatable bonds is 4. The second-order valence-electron chi connectivity index (χ2n) is 8.50. The van der Waals surface area contributed by atoms with Crippen molar-refractivity contribution in [1.82, 2.24) is 19.7 Å². The van der Waals surface area contributed by atoms with E-state index in [9.17, 15) is 0 Å². The average molecular weight is 429 g/mol. The maximum absolute atomic E-state index is 4.60. The number of piperidine rings is 1. The van der Waals surface area contributed by atoms with E-state index in [0.717, 1.165) is 34.8 Å². The summed E-state index contributed by atoms with van der Waals surface area (Å²) in [4.78, 5) is 11.3. The molecule has 2 aliphatic heterocycles. The van der Waals surface area contributed by atoms with E-state index in [0.29, 0.717) is 0 Å². The third-order valence-electron chi connectivity index (χ3n) is 6.21. The number of benzene rings is 1. The topological polar surface area (TPSA) is 58.3 Å². The van der Waals surface area contributed by atoms with Crippen molar-refractivity contribution in [3.05, 3.63) is 67.3 Å². The number of nitrogens with zero attached hydrogens (tertiary/aromatic N) is 5. The summed E-state index contributed by atoms with van der Waals surface area (Å²) in [6.07, 6.45) is 13.4. The number of likely N-dealkylation sites (tertiary alicyclic amines) is 1. The maximum atomic E-state index is 4.60. The lowest BCUT2D eigenvalue weighted by molar-refractivity contribution is 0.251. The molecule has 32 heavy (non-hydrogen) atoms. The molecule has 0 amide bonds. The number of nitrogens with one attached hydrogen (secondary N) is 1. The number of allylic oxidation sites excluding steroid dienone is 2. The SMILES string of the molecule is C=CC1=CCC(C2CCN(C)CC2)=N1.CNc1cc2cc(-c3cnn(C)c3)ccc2cn1. The first kappa shape index (κ1) is 22.0. The van der Waals surface area contributed by atoms with Crippen molar-refractivity contribution < 1.29 is 0 Å². The van der Waals surface area contributed by atoms with Gasteiger partial charge in [-0.15, -0.1) is 0 Å². The van der Waals surface area contributed by atoms with Crippen molar-refractivity contribution in [1.29, 1.82) is 0 Å². The molecule has 6 heteroatoms. The monoisotopic (exact) mass is 428 g/mol. The molecule has 6 nitrogen and oxygen atoms in total. The number of fused-ring (bicyclic) bond motifs is 1. The molecular weight excluding hydrogens is 396 g/mol. The lowest BCUT2D eigenvalue weighted by Crippen LogP contribution is -2.33. The molecule has 0 spiro atoms. The van der Waals surface area contributed by atoms with Crippen molar-refractivity contribution in [3.8, 4) is 11.1 Å². The third-order valence-corrected chi connectivity index (χ3v) is 6.21. The Hall–Kier alpha value is -3.25. The number of hydrogen-bond donors (Lipinski definition) is 1. The van der Waals surface area contributed by atoms with Gasteiger partial charge >= 0.3 is 0 Å². The molecule has 0 bridgehead atoms. The Labute approximate surface area is 190 Å². The van der Waals surface area contributed by atoms with Crippen molar-refractivity contribution in [2.45, 2.75) is 19.3 Å². The highest BCUT2D eigenvalue weighted by Gasteiger charge is 2.22. The van der Waals surface area contributed by atoms with Crippen molar-refractivity contribution in [3.63, 3.8) is 0 Å². The van der Waals surface area contributed by atoms with E-state index in [1.54, 1.807) is 0 Å². The van der Waals surface area contributed by atoms with Crippen LogP contribution in [0.2, 0.25) is 0 Å². The summed E-state index contributed by atoms with van der Waals surface area (Å²) in [5.41, 5.74) is 4.75. The van der Waals surface area contributed by atoms with Gasteiger partial charge in [0.15, 0.2) is 0 Å². The predicted molar refractivity (Wildman–Crippen MR) is 134 cm³/mol. The van der Waals surface area contributed by atoms with Gasteiger partial charge in [-0.3, -0.25) is 9.67 Å². The van der Waals surface area contributed by atoms with Gasteiger partial charge in [0.2, 0.25) is 0 Å². The van der Waals surface area contributed by atoms with Gasteiger partial charge < -0.3 is 10.2 Å². The molecule has 2 aliphatic rings. The number of aliphatic imine (C=N–C) groups is 1. The Morgan fingerprint density at radius 2 is 1.88 bits per heavy atom. The maximum Gasteiger partial charge on any atom is 0.126 e. The molecule has 5 rings (SSSR count). The Balaban J connectivity index is 0.000000158. The first-order valence-electron chi connectivity index (χ1n) is 11.2. The van der Waals surface area contributed by atoms with E-state index in [1.165, 1.54) is 42.6 Å². The number of aromatic nitrogens is 3. The van der Waals surface area contributed by atoms with Crippen LogP contribution in [0.25, 0.3) is 21.9 Å². The minimum atomic E-state index is 0.722. The summed E-state index contributed by atoms with van der Waals surface area (Å²) in [6, 6.07) is 8.40. The van der Waals surface area contributed by atoms with Gasteiger partial charge in [-0.1, -0.05) is 24.8 Å². The van der Waals surface area contributed by atoms with Crippen molar-refractivity contribution >= 4 is 22.3 Å². The standard InChI is InChI=1S/C14H14N4.C12H18N2/c1-15-14-6-12-5-10(3-4-11(12)7-16-14)13-8-17-18(2)9-13;1-3-11-4-5-12(13-11)10-6-8-14(2)9-7-10/h3-9H,1-2H3,(H,15,16);3-4,10H,1,5-9H2,2H3. The van der Waals surface area contributed by atoms with Gasteiger partial charge in [0.1, 0.15) is 5.82 Å². The fraction of sp³-hybridized carbons (Fsp3) is 0.346. The van der Waals surface area contributed by atoms with Gasteiger partial charge in [0, 0.05) is 55.5 Å². The summed E-state index contributed by atoms with van der Waals surface area (Å²) in [6.45, 7) is 6.18. The van der Waals surface area contributed by atoms with Crippen LogP contribution in [0, 0.1) is 5.92 Å². The molecule has 0 aliphatic carbocycles. The van der Waals surface area contributed by atoms with Gasteiger partial charge in [-0.2, -0.15) is 5.10 Å². The highest BCUT2D eigenvalue weighted by molar-refractivity contribution is 5.91. The second-order valence-corrected chi connectivity index (χ2v) is 8.50. The van der Waals surface area contributed by atoms with Crippen LogP contribution in [0.3, 0.4) is 0 Å². The largest absolute Gasteiger partial charge is 0.373 e. The molecule has 1 aromatic carbocycles. The number of aryl methyl sites for hydroxylation is 1. The smallest absolute Gasteiger partial charge is 0.126 e. The Morgan fingerprint density at radius 1 is 1.06 bits per heavy atom. The summed E-state index contributed by atoms with van der Waals surface area (Å²) < 4.78 is 1.81. The van der Waals surface area contributed by atoms with Crippen LogP contribution in [0.1, 0.15) is 19.3 Å². The number of anilines is 1. The van der Waals surface area contributed by atoms with E-state index in [4.69, 9.17) is 0 Å². The van der Waals surface area contributed by atoms with E-state index >= 15 is 0 Å². The zero-order chi connectivity index (χ0) is 22.5. The summed E-state index contributed by atoms with van der Waals surface area (Å²) in [7, 11) is 5.99. The number of pyridine rings is 1. The Morgan fingerprint density at radius 3 is 2.53 bits per heavy atom. The van der Waals surface area contributed by atoms with Crippen molar-refractivity contribution in [2.24, 2.45) is 18.0 Å². The molecule has 1 fully saturated rings. The number of hydrogen-bond acceptors (Lipinski definition) is 5. The highest BCUT2D eigenvalue weighted by Crippen LogP contribution is 2.25. The molecule has 0 atom stereocenters. The first-order valence-corrected chi connectivity index (χ1v) is 11.2. The quantitative estimate of drug-likeness (QED) is 0.641. The normalized spacial score (nSPS) is 16.8. The molecule has 166 valence electrons. The van der Waals surface area contributed by atoms with E-state index in [-0.39, 0.29) is 0 Å². The Kier molecular flexibility index (Phi) is 6.81. The molecule has 0 radical (unpaired) electrons. The zero-order valence-electron chi connectivity index (χ0n) is 19.3. The molecular formula is C26H32N6. The minimum Gasteiger partial charge on any atom is -0.373 e. The van der Waals surface area contributed by atoms with Gasteiger partial charge in [0.25, 0.3) is 0 Å². The van der Waals surface area contributed by atoms with E-state index in [1.807, 2.05) is 43.4 Å². The second kappa shape index (κ2) is 9.92. The molecule has 4 heterocycles. The van der Waals surface area contributed by atoms with Gasteiger partial charge in [-0.25, -0.2) is 4.98 Å². The fourth-order valence-electron chi connectivity index (χ4n) is 4.22. The van der Waals surface area contributed by atoms with Crippen LogP contribution in [0.4, 0.5) is 5.82 Å². The van der Waals surface area contributed by atoms with E-state index in [2.05, 4.69) is 69.3 Å². The predicted octanol–water partition coefficient (Wildman–Crippen LogP) is 4.92. The lowest BCUT2D eigenvalue weighted by atomic mass is 9.91. The van der Waals surface area contributed by atoms with Crippen LogP contribution in [-0.4, -0.2) is 52.6 Å². The molecule has 3 aromatic rings. The van der Waals surface area contributed by atoms with Gasteiger partial charge in [-0.05, 0) is 62.1 Å². The highest BCUT2D eigenvalue weighted by atomic mass is 15.2. The molecule has 0 unspecified atom stereocenters. The summed E-state index contributed by atoms with van der Waals surface area (Å²) >= 11 is 0. The van der Waals surface area contributed by atoms with E-state index < -0.39 is 0 Å². The molecule has 0 saturated carbocycles. The molecule has 1 saturated heterocycles. The van der Waals surface area contributed by atoms with Crippen LogP contribution in [0.5, 0.6) is 0 Å². The lowest BCUT2D eigenvalue weighted by Gasteiger charge is -2.28. The fourth-order valence-corrected chi connectivity index (χ4v) is 4.22. The van der Waals surface area contributed by atoms with Crippen LogP contribution < -0.4 is 5.32 Å². The Bertz CT molecular complexity index is 1150. The average Bonchev–Trinajstić information content (AvgIpc) is 3.48. The minimum absolute atomic E-state index is 0.722. The summed E-state index contributed by atoms with van der Waals surface area (Å²) in [5.74, 6) is 1.60. The van der Waals surface area contributed by atoms with Gasteiger partial charge in [0.05, 0.1) is 11.9 Å². The first-order chi connectivity index (χ1) is 15.6. The van der Waals surface area contributed by atoms with Crippen molar-refractivity contribution in [2.75, 3.05) is 32.5 Å². The van der Waals surface area contributed by atoms with Crippen LogP contribution in [-0.2, 0) is 7.05 Å². The van der Waals surface area contributed by atoms with Crippen LogP contribution >= 0.6 is 0 Å². The third kappa shape index (κ3) is 5.14. The molecule has 2 aromatic heterocycles. The zero-order valence-corrected chi connectivity index (χ0v) is 19.3. The molecule has 1 N–H and O–H groups in total.